The molecule has 31 heavy (non-hydrogen) atoms. The first kappa shape index (κ1) is 20.7. The van der Waals surface area contributed by atoms with Gasteiger partial charge >= 0.3 is 0 Å². The predicted molar refractivity (Wildman–Crippen MR) is 122 cm³/mol. The van der Waals surface area contributed by atoms with Gasteiger partial charge in [0.1, 0.15) is 31.3 Å². The third kappa shape index (κ3) is 6.19. The summed E-state index contributed by atoms with van der Waals surface area (Å²) in [6, 6.07) is 37.8. The highest BCUT2D eigenvalue weighted by Crippen LogP contribution is 2.30. The minimum Gasteiger partial charge on any atom is -0.487 e. The molecular weight excluding hydrogens is 386 g/mol. The van der Waals surface area contributed by atoms with Crippen molar-refractivity contribution in [2.75, 3.05) is 5.23 Å². The lowest BCUT2D eigenvalue weighted by molar-refractivity contribution is -0.105. The fraction of sp³-hybridized carbons (Fsp3) is 0.111. The number of nitrogens with zero attached hydrogens (tertiary/aromatic N) is 1. The van der Waals surface area contributed by atoms with E-state index < -0.39 is 0 Å². The van der Waals surface area contributed by atoms with Crippen molar-refractivity contribution in [1.82, 2.24) is 0 Å². The highest BCUT2D eigenvalue weighted by Gasteiger charge is 2.15. The third-order valence-electron chi connectivity index (χ3n) is 4.68. The van der Waals surface area contributed by atoms with Crippen molar-refractivity contribution >= 4 is 5.69 Å². The fourth-order valence-electron chi connectivity index (χ4n) is 3.06. The van der Waals surface area contributed by atoms with Gasteiger partial charge in [-0.2, -0.15) is 0 Å². The van der Waals surface area contributed by atoms with Crippen molar-refractivity contribution in [3.05, 3.63) is 132 Å². The van der Waals surface area contributed by atoms with Crippen LogP contribution in [0.3, 0.4) is 0 Å². The molecule has 0 N–H and O–H groups in total. The fourth-order valence-corrected chi connectivity index (χ4v) is 3.06. The molecule has 0 aliphatic heterocycles. The van der Waals surface area contributed by atoms with Crippen LogP contribution < -0.4 is 9.96 Å². The van der Waals surface area contributed by atoms with Crippen LogP contribution in [0.4, 0.5) is 5.69 Å². The zero-order valence-corrected chi connectivity index (χ0v) is 17.3. The summed E-state index contributed by atoms with van der Waals surface area (Å²) in [5.74, 6) is 0.687. The second-order valence-corrected chi connectivity index (χ2v) is 7.02. The lowest BCUT2D eigenvalue weighted by Crippen LogP contribution is -2.24. The Morgan fingerprint density at radius 2 is 0.871 bits per heavy atom. The molecule has 0 saturated carbocycles. The van der Waals surface area contributed by atoms with Crippen LogP contribution in [0.15, 0.2) is 115 Å². The molecule has 4 heteroatoms. The molecule has 0 amide bonds. The van der Waals surface area contributed by atoms with Crippen LogP contribution in [0, 0.1) is 0 Å². The smallest absolute Gasteiger partial charge is 0.148 e. The molecule has 0 spiro atoms. The molecule has 0 aliphatic carbocycles. The van der Waals surface area contributed by atoms with E-state index in [4.69, 9.17) is 14.4 Å². The van der Waals surface area contributed by atoms with Gasteiger partial charge < -0.3 is 4.74 Å². The van der Waals surface area contributed by atoms with Gasteiger partial charge in [0.2, 0.25) is 0 Å². The monoisotopic (exact) mass is 411 g/mol. The minimum absolute atomic E-state index is 0.378. The average Bonchev–Trinajstić information content (AvgIpc) is 2.85. The number of para-hydroxylation sites is 2. The maximum absolute atomic E-state index is 6.11. The van der Waals surface area contributed by atoms with E-state index in [9.17, 15) is 0 Å². The van der Waals surface area contributed by atoms with Crippen molar-refractivity contribution in [1.29, 1.82) is 0 Å². The summed E-state index contributed by atoms with van der Waals surface area (Å²) in [5.41, 5.74) is 3.92. The molecule has 0 saturated heterocycles. The van der Waals surface area contributed by atoms with Gasteiger partial charge in [-0.1, -0.05) is 103 Å². The van der Waals surface area contributed by atoms with Gasteiger partial charge in [0, 0.05) is 0 Å². The lowest BCUT2D eigenvalue weighted by atomic mass is 10.2. The highest BCUT2D eigenvalue weighted by atomic mass is 16.9. The van der Waals surface area contributed by atoms with Gasteiger partial charge in [0.05, 0.1) is 0 Å². The van der Waals surface area contributed by atoms with Crippen LogP contribution >= 0.6 is 0 Å². The van der Waals surface area contributed by atoms with Crippen molar-refractivity contribution < 1.29 is 14.4 Å². The van der Waals surface area contributed by atoms with Crippen LogP contribution in [0.2, 0.25) is 0 Å². The Morgan fingerprint density at radius 3 is 1.39 bits per heavy atom. The van der Waals surface area contributed by atoms with Gasteiger partial charge in [0.25, 0.3) is 0 Å². The van der Waals surface area contributed by atoms with E-state index in [-0.39, 0.29) is 0 Å². The Labute approximate surface area is 183 Å². The van der Waals surface area contributed by atoms with Crippen LogP contribution in [0.5, 0.6) is 5.75 Å². The first-order chi connectivity index (χ1) is 15.4. The maximum atomic E-state index is 6.11. The molecule has 0 bridgehead atoms. The predicted octanol–water partition coefficient (Wildman–Crippen LogP) is 6.34. The van der Waals surface area contributed by atoms with Gasteiger partial charge in [0.15, 0.2) is 0 Å². The standard InChI is InChI=1S/C27H25NO3/c1-4-12-23(13-5-1)20-29-27-19-11-10-18-26(27)28(30-21-24-14-6-2-7-15-24)31-22-25-16-8-3-9-17-25/h1-19H,20-22H2. The molecule has 0 unspecified atom stereocenters. The van der Waals surface area contributed by atoms with Crippen LogP contribution in [-0.2, 0) is 29.5 Å². The van der Waals surface area contributed by atoms with Crippen molar-refractivity contribution in [3.63, 3.8) is 0 Å². The summed E-state index contributed by atoms with van der Waals surface area (Å²) in [7, 11) is 0. The summed E-state index contributed by atoms with van der Waals surface area (Å²) in [4.78, 5) is 12.1. The maximum Gasteiger partial charge on any atom is 0.148 e. The van der Waals surface area contributed by atoms with E-state index in [0.29, 0.717) is 31.3 Å². The van der Waals surface area contributed by atoms with E-state index in [1.54, 1.807) is 0 Å². The molecule has 0 atom stereocenters. The SMILES string of the molecule is c1ccc(COc2ccccc2N(OCc2ccccc2)OCc2ccccc2)cc1. The van der Waals surface area contributed by atoms with E-state index in [1.165, 1.54) is 5.23 Å². The molecule has 0 fully saturated rings. The number of hydrogen-bond acceptors (Lipinski definition) is 4. The molecule has 156 valence electrons. The molecule has 0 aliphatic rings. The molecular formula is C27H25NO3. The third-order valence-corrected chi connectivity index (χ3v) is 4.68. The van der Waals surface area contributed by atoms with Gasteiger partial charge in [-0.05, 0) is 28.8 Å². The second-order valence-electron chi connectivity index (χ2n) is 7.02. The summed E-state index contributed by atoms with van der Waals surface area (Å²) in [6.45, 7) is 1.22. The van der Waals surface area contributed by atoms with Crippen molar-refractivity contribution in [3.8, 4) is 5.75 Å². The Hall–Kier alpha value is -3.60. The molecule has 0 heterocycles. The number of rotatable bonds is 10. The topological polar surface area (TPSA) is 30.9 Å². The second kappa shape index (κ2) is 11.0. The van der Waals surface area contributed by atoms with Gasteiger partial charge in [-0.15, -0.1) is 5.23 Å². The summed E-state index contributed by atoms with van der Waals surface area (Å²) in [6.07, 6.45) is 0. The van der Waals surface area contributed by atoms with E-state index in [2.05, 4.69) is 0 Å². The Bertz CT molecular complexity index is 996. The average molecular weight is 412 g/mol. The van der Waals surface area contributed by atoms with E-state index >= 15 is 0 Å². The highest BCUT2D eigenvalue weighted by molar-refractivity contribution is 5.55. The Morgan fingerprint density at radius 1 is 0.452 bits per heavy atom. The zero-order chi connectivity index (χ0) is 21.1. The summed E-state index contributed by atoms with van der Waals surface area (Å²) in [5, 5.41) is 1.46. The normalized spacial score (nSPS) is 10.6. The van der Waals surface area contributed by atoms with Gasteiger partial charge in [-0.25, -0.2) is 9.68 Å². The molecule has 4 aromatic carbocycles. The molecule has 4 rings (SSSR count). The van der Waals surface area contributed by atoms with Crippen LogP contribution in [0.1, 0.15) is 16.7 Å². The minimum atomic E-state index is 0.378. The number of ether oxygens (including phenoxy) is 1. The quantitative estimate of drug-likeness (QED) is 0.285. The van der Waals surface area contributed by atoms with Crippen LogP contribution in [0.25, 0.3) is 0 Å². The lowest BCUT2D eigenvalue weighted by Gasteiger charge is -2.25. The Kier molecular flexibility index (Phi) is 7.31. The molecule has 0 aromatic heterocycles. The largest absolute Gasteiger partial charge is 0.487 e. The first-order valence-electron chi connectivity index (χ1n) is 10.3. The summed E-state index contributed by atoms with van der Waals surface area (Å²) >= 11 is 0. The molecule has 4 aromatic rings. The first-order valence-corrected chi connectivity index (χ1v) is 10.3. The van der Waals surface area contributed by atoms with Crippen LogP contribution in [-0.4, -0.2) is 0 Å². The molecule has 4 nitrogen and oxygen atoms in total. The van der Waals surface area contributed by atoms with E-state index in [1.807, 2.05) is 115 Å². The summed E-state index contributed by atoms with van der Waals surface area (Å²) < 4.78 is 6.11. The zero-order valence-electron chi connectivity index (χ0n) is 17.3. The Balaban J connectivity index is 1.51. The van der Waals surface area contributed by atoms with Gasteiger partial charge in [-0.3, -0.25) is 0 Å². The number of hydrogen-bond donors (Lipinski definition) is 0. The van der Waals surface area contributed by atoms with Crippen molar-refractivity contribution in [2.24, 2.45) is 0 Å². The number of benzene rings is 4. The van der Waals surface area contributed by atoms with E-state index in [0.717, 1.165) is 16.7 Å². The van der Waals surface area contributed by atoms with Crippen molar-refractivity contribution in [2.45, 2.75) is 19.8 Å². The molecule has 0 radical (unpaired) electrons. The number of anilines is 1.